The summed E-state index contributed by atoms with van der Waals surface area (Å²) in [6, 6.07) is -0.150. The van der Waals surface area contributed by atoms with Gasteiger partial charge in [0.05, 0.1) is 0 Å². The fraction of sp³-hybridized carbons (Fsp3) is 0.900. The largest absolute Gasteiger partial charge is 0.444 e. The summed E-state index contributed by atoms with van der Waals surface area (Å²) in [5.74, 6) is -0.0301. The third-order valence-electron chi connectivity index (χ3n) is 2.38. The topological polar surface area (TPSA) is 75.8 Å². The highest BCUT2D eigenvalue weighted by Crippen LogP contribution is 2.18. The highest BCUT2D eigenvalue weighted by atomic mass is 16.6. The molecule has 0 spiro atoms. The van der Waals surface area contributed by atoms with Crippen LogP contribution in [0.5, 0.6) is 0 Å². The Morgan fingerprint density at radius 1 is 1.53 bits per heavy atom. The maximum atomic E-state index is 11.6. The molecule has 0 radical (unpaired) electrons. The van der Waals surface area contributed by atoms with E-state index < -0.39 is 5.60 Å². The minimum atomic E-state index is -0.488. The van der Waals surface area contributed by atoms with Crippen molar-refractivity contribution in [2.24, 2.45) is 11.7 Å². The first-order valence-electron chi connectivity index (χ1n) is 5.18. The molecule has 1 aliphatic heterocycles. The van der Waals surface area contributed by atoms with Crippen LogP contribution in [0.2, 0.25) is 0 Å². The summed E-state index contributed by atoms with van der Waals surface area (Å²) < 4.78 is 5.21. The van der Waals surface area contributed by atoms with Crippen molar-refractivity contribution in [3.05, 3.63) is 0 Å². The van der Waals surface area contributed by atoms with E-state index in [1.807, 2.05) is 20.8 Å². The Balaban J connectivity index is 2.50. The standard InChI is InChI=1S/C10H20N2O3/c1-10(2,3)15-9(14)12-4-7(6-13)8(11)5-12/h7-8,13H,4-6,11H2,1-3H3/t7-,8+/m0/s1. The number of amides is 1. The molecule has 1 saturated heterocycles. The van der Waals surface area contributed by atoms with Gasteiger partial charge in [0.2, 0.25) is 0 Å². The Labute approximate surface area is 90.2 Å². The van der Waals surface area contributed by atoms with Gasteiger partial charge in [0.15, 0.2) is 0 Å². The van der Waals surface area contributed by atoms with E-state index >= 15 is 0 Å². The number of aliphatic hydroxyl groups is 1. The monoisotopic (exact) mass is 216 g/mol. The van der Waals surface area contributed by atoms with E-state index in [1.54, 1.807) is 4.90 Å². The number of hydrogen-bond acceptors (Lipinski definition) is 4. The number of carbonyl (C=O) groups excluding carboxylic acids is 1. The molecule has 1 rings (SSSR count). The SMILES string of the molecule is CC(C)(C)OC(=O)N1C[C@@H](CO)[C@H](N)C1. The summed E-state index contributed by atoms with van der Waals surface area (Å²) >= 11 is 0. The van der Waals surface area contributed by atoms with Crippen molar-refractivity contribution in [2.45, 2.75) is 32.4 Å². The lowest BCUT2D eigenvalue weighted by Crippen LogP contribution is -2.36. The van der Waals surface area contributed by atoms with Crippen LogP contribution in [-0.2, 0) is 4.74 Å². The molecule has 0 aliphatic carbocycles. The van der Waals surface area contributed by atoms with Crippen LogP contribution in [0.3, 0.4) is 0 Å². The molecule has 1 aliphatic rings. The quantitative estimate of drug-likeness (QED) is 0.655. The van der Waals surface area contributed by atoms with Gasteiger partial charge in [-0.1, -0.05) is 0 Å². The summed E-state index contributed by atoms with van der Waals surface area (Å²) in [7, 11) is 0. The predicted octanol–water partition coefficient (Wildman–Crippen LogP) is 0.173. The van der Waals surface area contributed by atoms with E-state index in [-0.39, 0.29) is 24.7 Å². The van der Waals surface area contributed by atoms with Gasteiger partial charge in [0, 0.05) is 31.7 Å². The minimum Gasteiger partial charge on any atom is -0.444 e. The first kappa shape index (κ1) is 12.3. The van der Waals surface area contributed by atoms with Gasteiger partial charge in [-0.05, 0) is 20.8 Å². The molecule has 5 heteroatoms. The van der Waals surface area contributed by atoms with E-state index in [1.165, 1.54) is 0 Å². The molecule has 2 atom stereocenters. The first-order chi connectivity index (χ1) is 6.83. The molecular formula is C10H20N2O3. The molecule has 5 nitrogen and oxygen atoms in total. The van der Waals surface area contributed by atoms with Crippen LogP contribution in [0.1, 0.15) is 20.8 Å². The Morgan fingerprint density at radius 2 is 2.13 bits per heavy atom. The highest BCUT2D eigenvalue weighted by molar-refractivity contribution is 5.68. The second-order valence-electron chi connectivity index (χ2n) is 4.99. The van der Waals surface area contributed by atoms with Crippen molar-refractivity contribution >= 4 is 6.09 Å². The third kappa shape index (κ3) is 3.35. The number of hydrogen-bond donors (Lipinski definition) is 2. The summed E-state index contributed by atoms with van der Waals surface area (Å²) in [4.78, 5) is 13.2. The van der Waals surface area contributed by atoms with Crippen LogP contribution in [-0.4, -0.2) is 47.4 Å². The molecule has 0 unspecified atom stereocenters. The minimum absolute atomic E-state index is 0.0143. The maximum absolute atomic E-state index is 11.6. The zero-order valence-electron chi connectivity index (χ0n) is 9.56. The Morgan fingerprint density at radius 3 is 2.53 bits per heavy atom. The van der Waals surface area contributed by atoms with E-state index in [0.29, 0.717) is 13.1 Å². The van der Waals surface area contributed by atoms with Gasteiger partial charge < -0.3 is 20.5 Å². The van der Waals surface area contributed by atoms with Gasteiger partial charge in [-0.3, -0.25) is 0 Å². The van der Waals surface area contributed by atoms with Crippen molar-refractivity contribution < 1.29 is 14.6 Å². The zero-order valence-corrected chi connectivity index (χ0v) is 9.56. The molecule has 0 saturated carbocycles. The molecule has 1 fully saturated rings. The normalized spacial score (nSPS) is 26.9. The van der Waals surface area contributed by atoms with Crippen LogP contribution < -0.4 is 5.73 Å². The molecule has 0 bridgehead atoms. The fourth-order valence-corrected chi connectivity index (χ4v) is 1.57. The summed E-state index contributed by atoms with van der Waals surface area (Å²) in [6.45, 7) is 6.42. The van der Waals surface area contributed by atoms with Crippen LogP contribution in [0.25, 0.3) is 0 Å². The van der Waals surface area contributed by atoms with Gasteiger partial charge >= 0.3 is 6.09 Å². The van der Waals surface area contributed by atoms with Gasteiger partial charge in [-0.2, -0.15) is 0 Å². The number of carbonyl (C=O) groups is 1. The molecule has 88 valence electrons. The second-order valence-corrected chi connectivity index (χ2v) is 4.99. The number of likely N-dealkylation sites (tertiary alicyclic amines) is 1. The lowest BCUT2D eigenvalue weighted by Gasteiger charge is -2.24. The van der Waals surface area contributed by atoms with E-state index in [2.05, 4.69) is 0 Å². The summed E-state index contributed by atoms with van der Waals surface area (Å²) in [5, 5.41) is 9.01. The number of aliphatic hydroxyl groups excluding tert-OH is 1. The smallest absolute Gasteiger partial charge is 0.410 e. The molecule has 0 aromatic carbocycles. The second kappa shape index (κ2) is 4.37. The molecule has 0 aromatic heterocycles. The average Bonchev–Trinajstić information content (AvgIpc) is 2.43. The lowest BCUT2D eigenvalue weighted by molar-refractivity contribution is 0.0283. The van der Waals surface area contributed by atoms with Crippen LogP contribution in [0.4, 0.5) is 4.79 Å². The third-order valence-corrected chi connectivity index (χ3v) is 2.38. The van der Waals surface area contributed by atoms with Gasteiger partial charge in [0.25, 0.3) is 0 Å². The average molecular weight is 216 g/mol. The van der Waals surface area contributed by atoms with Crippen LogP contribution in [0.15, 0.2) is 0 Å². The van der Waals surface area contributed by atoms with Gasteiger partial charge in [-0.15, -0.1) is 0 Å². The molecule has 1 amide bonds. The van der Waals surface area contributed by atoms with E-state index in [0.717, 1.165) is 0 Å². The number of nitrogens with zero attached hydrogens (tertiary/aromatic N) is 1. The van der Waals surface area contributed by atoms with E-state index in [9.17, 15) is 4.79 Å². The lowest BCUT2D eigenvalue weighted by atomic mass is 10.1. The molecule has 15 heavy (non-hydrogen) atoms. The molecular weight excluding hydrogens is 196 g/mol. The molecule has 1 heterocycles. The Bertz CT molecular complexity index is 237. The molecule has 3 N–H and O–H groups in total. The maximum Gasteiger partial charge on any atom is 0.410 e. The Hall–Kier alpha value is -0.810. The van der Waals surface area contributed by atoms with Crippen molar-refractivity contribution in [2.75, 3.05) is 19.7 Å². The first-order valence-corrected chi connectivity index (χ1v) is 5.18. The fourth-order valence-electron chi connectivity index (χ4n) is 1.57. The number of nitrogens with two attached hydrogens (primary N) is 1. The van der Waals surface area contributed by atoms with Crippen molar-refractivity contribution in [3.8, 4) is 0 Å². The molecule has 0 aromatic rings. The highest BCUT2D eigenvalue weighted by Gasteiger charge is 2.34. The van der Waals surface area contributed by atoms with Crippen molar-refractivity contribution in [1.29, 1.82) is 0 Å². The zero-order chi connectivity index (χ0) is 11.6. The number of ether oxygens (including phenoxy) is 1. The van der Waals surface area contributed by atoms with Gasteiger partial charge in [0.1, 0.15) is 5.60 Å². The summed E-state index contributed by atoms with van der Waals surface area (Å²) in [5.41, 5.74) is 5.28. The van der Waals surface area contributed by atoms with Crippen molar-refractivity contribution in [3.63, 3.8) is 0 Å². The number of rotatable bonds is 1. The van der Waals surface area contributed by atoms with Crippen LogP contribution >= 0.6 is 0 Å². The van der Waals surface area contributed by atoms with Crippen molar-refractivity contribution in [1.82, 2.24) is 4.90 Å². The summed E-state index contributed by atoms with van der Waals surface area (Å²) in [6.07, 6.45) is -0.353. The van der Waals surface area contributed by atoms with Crippen LogP contribution in [0, 0.1) is 5.92 Å². The predicted molar refractivity (Wildman–Crippen MR) is 56.4 cm³/mol. The Kier molecular flexibility index (Phi) is 3.57. The van der Waals surface area contributed by atoms with Gasteiger partial charge in [-0.25, -0.2) is 4.79 Å². The van der Waals surface area contributed by atoms with E-state index in [4.69, 9.17) is 15.6 Å².